The first-order valence-corrected chi connectivity index (χ1v) is 10.1. The Labute approximate surface area is 176 Å². The molecule has 152 valence electrons. The van der Waals surface area contributed by atoms with Crippen molar-refractivity contribution >= 4 is 11.8 Å². The Hall–Kier alpha value is -3.60. The summed E-state index contributed by atoms with van der Waals surface area (Å²) in [5.74, 6) is 0.114. The van der Waals surface area contributed by atoms with Crippen molar-refractivity contribution < 1.29 is 14.3 Å². The number of carbonyl (C=O) groups is 2. The molecule has 30 heavy (non-hydrogen) atoms. The lowest BCUT2D eigenvalue weighted by Gasteiger charge is -2.26. The molecule has 5 nitrogen and oxygen atoms in total. The molecule has 1 heterocycles. The van der Waals surface area contributed by atoms with Gasteiger partial charge in [-0.25, -0.2) is 0 Å². The Morgan fingerprint density at radius 1 is 1.07 bits per heavy atom. The van der Waals surface area contributed by atoms with Crippen LogP contribution in [0.5, 0.6) is 5.75 Å². The van der Waals surface area contributed by atoms with Crippen LogP contribution in [-0.2, 0) is 11.4 Å². The Bertz CT molecular complexity index is 1050. The molecule has 0 saturated heterocycles. The number of amides is 2. The molecule has 5 heteroatoms. The van der Waals surface area contributed by atoms with Crippen LogP contribution in [0.3, 0.4) is 0 Å². The van der Waals surface area contributed by atoms with Crippen LogP contribution >= 0.6 is 0 Å². The van der Waals surface area contributed by atoms with Crippen molar-refractivity contribution in [3.8, 4) is 5.75 Å². The summed E-state index contributed by atoms with van der Waals surface area (Å²) in [6.07, 6.45) is 0. The number of hydrogen-bond acceptors (Lipinski definition) is 3. The first kappa shape index (κ1) is 19.7. The minimum Gasteiger partial charge on any atom is -0.489 e. The molecule has 1 aliphatic heterocycles. The topological polar surface area (TPSA) is 67.4 Å². The number of nitrogens with one attached hydrogen (secondary N) is 2. The van der Waals surface area contributed by atoms with Crippen molar-refractivity contribution in [1.29, 1.82) is 0 Å². The molecular formula is C25H24N2O3. The Kier molecular flexibility index (Phi) is 5.80. The summed E-state index contributed by atoms with van der Waals surface area (Å²) in [5.41, 5.74) is 3.39. The van der Waals surface area contributed by atoms with Crippen LogP contribution < -0.4 is 15.4 Å². The third-order valence-corrected chi connectivity index (χ3v) is 5.33. The molecule has 1 unspecified atom stereocenters. The second-order valence-corrected chi connectivity index (χ2v) is 7.43. The quantitative estimate of drug-likeness (QED) is 0.658. The number of carbonyl (C=O) groups excluding carboxylic acids is 2. The molecule has 2 amide bonds. The molecular weight excluding hydrogens is 376 g/mol. The second-order valence-electron chi connectivity index (χ2n) is 7.43. The molecule has 2 N–H and O–H groups in total. The van der Waals surface area contributed by atoms with E-state index in [0.717, 1.165) is 22.4 Å². The third kappa shape index (κ3) is 4.35. The van der Waals surface area contributed by atoms with Crippen LogP contribution in [0, 0.1) is 0 Å². The second kappa shape index (κ2) is 8.82. The minimum absolute atomic E-state index is 0.106. The fraction of sp³-hybridized carbons (Fsp3) is 0.200. The molecule has 3 aromatic rings. The van der Waals surface area contributed by atoms with Crippen LogP contribution in [0.4, 0.5) is 0 Å². The molecule has 0 fully saturated rings. The van der Waals surface area contributed by atoms with Gasteiger partial charge in [0.2, 0.25) is 5.91 Å². The van der Waals surface area contributed by atoms with Crippen molar-refractivity contribution in [2.24, 2.45) is 0 Å². The predicted octanol–water partition coefficient (Wildman–Crippen LogP) is 3.97. The summed E-state index contributed by atoms with van der Waals surface area (Å²) in [6.45, 7) is 2.74. The van der Waals surface area contributed by atoms with E-state index in [2.05, 4.69) is 10.6 Å². The summed E-state index contributed by atoms with van der Waals surface area (Å²) in [5, 5.41) is 5.88. The number of rotatable bonds is 6. The lowest BCUT2D eigenvalue weighted by atomic mass is 9.89. The molecule has 0 radical (unpaired) electrons. The zero-order chi connectivity index (χ0) is 20.9. The van der Waals surface area contributed by atoms with Gasteiger partial charge in [0.05, 0.1) is 12.0 Å². The molecule has 0 aliphatic carbocycles. The van der Waals surface area contributed by atoms with Crippen LogP contribution in [0.1, 0.15) is 45.9 Å². The van der Waals surface area contributed by atoms with Gasteiger partial charge in [-0.1, -0.05) is 60.7 Å². The molecule has 0 saturated carbocycles. The Morgan fingerprint density at radius 3 is 2.67 bits per heavy atom. The van der Waals surface area contributed by atoms with E-state index in [9.17, 15) is 9.59 Å². The maximum atomic E-state index is 13.0. The normalized spacial score (nSPS) is 16.2. The van der Waals surface area contributed by atoms with E-state index < -0.39 is 5.92 Å². The van der Waals surface area contributed by atoms with Crippen molar-refractivity contribution in [2.75, 3.05) is 6.54 Å². The summed E-state index contributed by atoms with van der Waals surface area (Å²) in [7, 11) is 0. The summed E-state index contributed by atoms with van der Waals surface area (Å²) in [6, 6.07) is 24.8. The maximum Gasteiger partial charge on any atom is 0.251 e. The first-order valence-electron chi connectivity index (χ1n) is 10.1. The Morgan fingerprint density at radius 2 is 1.83 bits per heavy atom. The number of ether oxygens (including phenoxy) is 1. The number of benzene rings is 3. The zero-order valence-electron chi connectivity index (χ0n) is 16.8. The summed E-state index contributed by atoms with van der Waals surface area (Å²) in [4.78, 5) is 25.0. The highest BCUT2D eigenvalue weighted by Gasteiger charge is 2.30. The number of hydrogen-bond donors (Lipinski definition) is 2. The van der Waals surface area contributed by atoms with Gasteiger partial charge in [0.15, 0.2) is 0 Å². The van der Waals surface area contributed by atoms with Crippen LogP contribution in [0.15, 0.2) is 78.9 Å². The summed E-state index contributed by atoms with van der Waals surface area (Å²) >= 11 is 0. The Balaban J connectivity index is 1.43. The van der Waals surface area contributed by atoms with Gasteiger partial charge in [0.1, 0.15) is 12.4 Å². The van der Waals surface area contributed by atoms with Gasteiger partial charge >= 0.3 is 0 Å². The molecule has 0 bridgehead atoms. The highest BCUT2D eigenvalue weighted by atomic mass is 16.5. The smallest absolute Gasteiger partial charge is 0.251 e. The van der Waals surface area contributed by atoms with E-state index in [1.807, 2.05) is 79.7 Å². The minimum atomic E-state index is -0.404. The van der Waals surface area contributed by atoms with Gasteiger partial charge < -0.3 is 15.4 Å². The van der Waals surface area contributed by atoms with Gasteiger partial charge in [-0.15, -0.1) is 0 Å². The molecule has 0 aromatic heterocycles. The highest BCUT2D eigenvalue weighted by molar-refractivity contribution is 6.00. The average Bonchev–Trinajstić information content (AvgIpc) is 2.79. The zero-order valence-corrected chi connectivity index (χ0v) is 16.8. The highest BCUT2D eigenvalue weighted by Crippen LogP contribution is 2.26. The fourth-order valence-corrected chi connectivity index (χ4v) is 3.65. The van der Waals surface area contributed by atoms with Crippen LogP contribution in [-0.4, -0.2) is 18.4 Å². The third-order valence-electron chi connectivity index (χ3n) is 5.33. The predicted molar refractivity (Wildman–Crippen MR) is 115 cm³/mol. The molecule has 3 aromatic carbocycles. The van der Waals surface area contributed by atoms with E-state index in [0.29, 0.717) is 18.7 Å². The molecule has 1 aliphatic rings. The monoisotopic (exact) mass is 400 g/mol. The maximum absolute atomic E-state index is 13.0. The molecule has 4 rings (SSSR count). The first-order chi connectivity index (χ1) is 14.6. The summed E-state index contributed by atoms with van der Waals surface area (Å²) < 4.78 is 5.90. The van der Waals surface area contributed by atoms with Gasteiger partial charge in [0.25, 0.3) is 5.91 Å². The lowest BCUT2D eigenvalue weighted by molar-refractivity contribution is -0.123. The average molecular weight is 400 g/mol. The van der Waals surface area contributed by atoms with E-state index in [1.165, 1.54) is 0 Å². The van der Waals surface area contributed by atoms with E-state index in [4.69, 9.17) is 4.74 Å². The van der Waals surface area contributed by atoms with E-state index >= 15 is 0 Å². The van der Waals surface area contributed by atoms with Crippen LogP contribution in [0.2, 0.25) is 0 Å². The lowest BCUT2D eigenvalue weighted by Crippen LogP contribution is -2.42. The fourth-order valence-electron chi connectivity index (χ4n) is 3.65. The standard InChI is InChI=1S/C25H24N2O3/c1-17(19-10-7-11-20(14-19)30-16-18-8-3-2-4-9-18)27-25(29)23-15-26-24(28)22-13-6-5-12-21(22)23/h2-14,17,23H,15-16H2,1H3,(H,26,28)(H,27,29)/t17-,23?/m0/s1. The van der Waals surface area contributed by atoms with Gasteiger partial charge in [-0.05, 0) is 41.8 Å². The molecule has 0 spiro atoms. The van der Waals surface area contributed by atoms with Crippen molar-refractivity contribution in [2.45, 2.75) is 25.5 Å². The van der Waals surface area contributed by atoms with Crippen molar-refractivity contribution in [1.82, 2.24) is 10.6 Å². The van der Waals surface area contributed by atoms with Crippen molar-refractivity contribution in [3.05, 3.63) is 101 Å². The van der Waals surface area contributed by atoms with E-state index in [-0.39, 0.29) is 17.9 Å². The van der Waals surface area contributed by atoms with Crippen LogP contribution in [0.25, 0.3) is 0 Å². The molecule has 2 atom stereocenters. The van der Waals surface area contributed by atoms with Gasteiger partial charge in [0, 0.05) is 12.1 Å². The van der Waals surface area contributed by atoms with E-state index in [1.54, 1.807) is 6.07 Å². The largest absolute Gasteiger partial charge is 0.489 e. The van der Waals surface area contributed by atoms with Crippen molar-refractivity contribution in [3.63, 3.8) is 0 Å². The van der Waals surface area contributed by atoms with Gasteiger partial charge in [-0.3, -0.25) is 9.59 Å². The van der Waals surface area contributed by atoms with Gasteiger partial charge in [-0.2, -0.15) is 0 Å². The number of fused-ring (bicyclic) bond motifs is 1. The SMILES string of the molecule is C[C@H](NC(=O)C1CNC(=O)c2ccccc21)c1cccc(OCc2ccccc2)c1.